The lowest BCUT2D eigenvalue weighted by atomic mass is 10.1. The molecular weight excluding hydrogens is 306 g/mol. The number of carbonyl (C=O) groups is 2. The van der Waals surface area contributed by atoms with Gasteiger partial charge in [-0.05, 0) is 39.3 Å². The summed E-state index contributed by atoms with van der Waals surface area (Å²) in [4.78, 5) is 22.8. The lowest BCUT2D eigenvalue weighted by Crippen LogP contribution is -2.34. The Hall–Kier alpha value is -1.89. The summed E-state index contributed by atoms with van der Waals surface area (Å²) in [5, 5.41) is 10.6. The molecule has 1 amide bonds. The molecule has 0 aromatic heterocycles. The molecule has 1 aromatic rings. The largest absolute Gasteiger partial charge is 0.481 e. The second-order valence-electron chi connectivity index (χ2n) is 5.40. The van der Waals surface area contributed by atoms with E-state index in [0.717, 1.165) is 0 Å². The number of carboxylic acids is 1. The first-order chi connectivity index (χ1) is 10.2. The highest BCUT2D eigenvalue weighted by molar-refractivity contribution is 7.92. The van der Waals surface area contributed by atoms with Gasteiger partial charge in [-0.25, -0.2) is 8.42 Å². The summed E-state index contributed by atoms with van der Waals surface area (Å²) in [6, 6.07) is 5.66. The molecule has 7 heteroatoms. The predicted octanol–water partition coefficient (Wildman–Crippen LogP) is 1.85. The molecule has 2 N–H and O–H groups in total. The van der Waals surface area contributed by atoms with Crippen molar-refractivity contribution in [3.8, 4) is 0 Å². The van der Waals surface area contributed by atoms with E-state index < -0.39 is 27.0 Å². The maximum absolute atomic E-state index is 12.3. The van der Waals surface area contributed by atoms with Gasteiger partial charge in [0.15, 0.2) is 9.84 Å². The van der Waals surface area contributed by atoms with Crippen LogP contribution in [0, 0.1) is 0 Å². The highest BCUT2D eigenvalue weighted by Crippen LogP contribution is 2.20. The molecule has 1 unspecified atom stereocenters. The highest BCUT2D eigenvalue weighted by atomic mass is 32.2. The van der Waals surface area contributed by atoms with Crippen molar-refractivity contribution in [3.63, 3.8) is 0 Å². The summed E-state index contributed by atoms with van der Waals surface area (Å²) in [6.07, 6.45) is 0.216. The van der Waals surface area contributed by atoms with E-state index in [9.17, 15) is 18.0 Å². The van der Waals surface area contributed by atoms with Gasteiger partial charge in [0, 0.05) is 12.5 Å². The van der Waals surface area contributed by atoms with Crippen molar-refractivity contribution in [3.05, 3.63) is 29.8 Å². The Bertz CT molecular complexity index is 652. The van der Waals surface area contributed by atoms with Gasteiger partial charge in [-0.1, -0.05) is 12.1 Å². The number of carbonyl (C=O) groups excluding carboxylic acids is 1. The minimum atomic E-state index is -3.57. The van der Waals surface area contributed by atoms with Gasteiger partial charge in [-0.3, -0.25) is 9.59 Å². The molecule has 0 spiro atoms. The van der Waals surface area contributed by atoms with E-state index in [1.54, 1.807) is 32.9 Å². The number of rotatable bonds is 7. The first-order valence-corrected chi connectivity index (χ1v) is 8.56. The van der Waals surface area contributed by atoms with Crippen molar-refractivity contribution in [1.29, 1.82) is 0 Å². The maximum Gasteiger partial charge on any atom is 0.303 e. The van der Waals surface area contributed by atoms with Crippen molar-refractivity contribution >= 4 is 21.7 Å². The van der Waals surface area contributed by atoms with Gasteiger partial charge in [0.2, 0.25) is 0 Å². The molecule has 6 nitrogen and oxygen atoms in total. The molecule has 0 aliphatic carbocycles. The standard InChI is InChI=1S/C15H21NO5S/c1-10(2)22(20,21)13-7-5-4-6-12(13)15(19)16-11(3)8-9-14(17)18/h4-7,10-11H,8-9H2,1-3H3,(H,16,19)(H,17,18). The van der Waals surface area contributed by atoms with Gasteiger partial charge in [0.25, 0.3) is 5.91 Å². The summed E-state index contributed by atoms with van der Waals surface area (Å²) >= 11 is 0. The average Bonchev–Trinajstić information content (AvgIpc) is 2.44. The fourth-order valence-electron chi connectivity index (χ4n) is 1.87. The smallest absolute Gasteiger partial charge is 0.303 e. The van der Waals surface area contributed by atoms with Gasteiger partial charge >= 0.3 is 5.97 Å². The highest BCUT2D eigenvalue weighted by Gasteiger charge is 2.25. The van der Waals surface area contributed by atoms with Crippen LogP contribution < -0.4 is 5.32 Å². The zero-order valence-electron chi connectivity index (χ0n) is 12.9. The molecule has 1 atom stereocenters. The van der Waals surface area contributed by atoms with E-state index >= 15 is 0 Å². The first kappa shape index (κ1) is 18.2. The molecule has 1 aromatic carbocycles. The van der Waals surface area contributed by atoms with Crippen LogP contribution in [0.2, 0.25) is 0 Å². The van der Waals surface area contributed by atoms with E-state index in [1.165, 1.54) is 12.1 Å². The number of hydrogen-bond donors (Lipinski definition) is 2. The van der Waals surface area contributed by atoms with Crippen LogP contribution in [0.4, 0.5) is 0 Å². The third-order valence-corrected chi connectivity index (χ3v) is 5.44. The van der Waals surface area contributed by atoms with E-state index in [0.29, 0.717) is 0 Å². The summed E-state index contributed by atoms with van der Waals surface area (Å²) in [5.74, 6) is -1.46. The number of hydrogen-bond acceptors (Lipinski definition) is 4. The lowest BCUT2D eigenvalue weighted by Gasteiger charge is -2.16. The van der Waals surface area contributed by atoms with Crippen LogP contribution in [0.5, 0.6) is 0 Å². The van der Waals surface area contributed by atoms with Crippen molar-refractivity contribution < 1.29 is 23.1 Å². The van der Waals surface area contributed by atoms with E-state index in [-0.39, 0.29) is 29.3 Å². The second kappa shape index (κ2) is 7.40. The van der Waals surface area contributed by atoms with Crippen LogP contribution in [0.25, 0.3) is 0 Å². The molecule has 0 fully saturated rings. The predicted molar refractivity (Wildman–Crippen MR) is 82.6 cm³/mol. The molecule has 0 aliphatic heterocycles. The summed E-state index contributed by atoms with van der Waals surface area (Å²) in [6.45, 7) is 4.79. The van der Waals surface area contributed by atoms with Gasteiger partial charge in [-0.15, -0.1) is 0 Å². The van der Waals surface area contributed by atoms with Crippen LogP contribution in [-0.2, 0) is 14.6 Å². The Labute approximate surface area is 130 Å². The molecule has 0 saturated heterocycles. The maximum atomic E-state index is 12.3. The first-order valence-electron chi connectivity index (χ1n) is 7.01. The Morgan fingerprint density at radius 3 is 2.32 bits per heavy atom. The Morgan fingerprint density at radius 2 is 1.77 bits per heavy atom. The van der Waals surface area contributed by atoms with E-state index in [4.69, 9.17) is 5.11 Å². The Kier molecular flexibility index (Phi) is 6.11. The van der Waals surface area contributed by atoms with Gasteiger partial charge in [0.1, 0.15) is 0 Å². The SMILES string of the molecule is CC(CCC(=O)O)NC(=O)c1ccccc1S(=O)(=O)C(C)C. The third kappa shape index (κ3) is 4.56. The quantitative estimate of drug-likeness (QED) is 0.796. The summed E-state index contributed by atoms with van der Waals surface area (Å²) < 4.78 is 24.6. The minimum Gasteiger partial charge on any atom is -0.481 e. The average molecular weight is 327 g/mol. The number of carboxylic acid groups (broad SMARTS) is 1. The fourth-order valence-corrected chi connectivity index (χ4v) is 3.11. The Morgan fingerprint density at radius 1 is 1.18 bits per heavy atom. The monoisotopic (exact) mass is 327 g/mol. The molecule has 122 valence electrons. The van der Waals surface area contributed by atoms with Crippen LogP contribution >= 0.6 is 0 Å². The Balaban J connectivity index is 2.98. The van der Waals surface area contributed by atoms with Gasteiger partial charge in [-0.2, -0.15) is 0 Å². The fraction of sp³-hybridized carbons (Fsp3) is 0.467. The topological polar surface area (TPSA) is 101 Å². The molecule has 0 saturated carbocycles. The summed E-state index contributed by atoms with van der Waals surface area (Å²) in [5.41, 5.74) is 0.0818. The molecular formula is C15H21NO5S. The molecule has 1 rings (SSSR count). The summed E-state index contributed by atoms with van der Waals surface area (Å²) in [7, 11) is -3.57. The minimum absolute atomic E-state index is 0.00654. The lowest BCUT2D eigenvalue weighted by molar-refractivity contribution is -0.137. The molecule has 0 heterocycles. The number of benzene rings is 1. The molecule has 0 bridgehead atoms. The van der Waals surface area contributed by atoms with Crippen LogP contribution in [0.1, 0.15) is 44.0 Å². The molecule has 0 aliphatic rings. The van der Waals surface area contributed by atoms with Gasteiger partial charge < -0.3 is 10.4 Å². The van der Waals surface area contributed by atoms with Crippen molar-refractivity contribution in [2.45, 2.75) is 49.8 Å². The van der Waals surface area contributed by atoms with E-state index in [2.05, 4.69) is 5.32 Å². The molecule has 0 radical (unpaired) electrons. The zero-order chi connectivity index (χ0) is 16.9. The van der Waals surface area contributed by atoms with Gasteiger partial charge in [0.05, 0.1) is 15.7 Å². The zero-order valence-corrected chi connectivity index (χ0v) is 13.7. The molecule has 22 heavy (non-hydrogen) atoms. The second-order valence-corrected chi connectivity index (χ2v) is 7.87. The third-order valence-electron chi connectivity index (χ3n) is 3.23. The number of aliphatic carboxylic acids is 1. The van der Waals surface area contributed by atoms with Crippen molar-refractivity contribution in [2.24, 2.45) is 0 Å². The van der Waals surface area contributed by atoms with Crippen molar-refractivity contribution in [1.82, 2.24) is 5.32 Å². The normalized spacial score (nSPS) is 12.9. The van der Waals surface area contributed by atoms with Crippen LogP contribution in [0.3, 0.4) is 0 Å². The number of sulfone groups is 1. The number of amides is 1. The van der Waals surface area contributed by atoms with Crippen LogP contribution in [0.15, 0.2) is 29.2 Å². The number of nitrogens with one attached hydrogen (secondary N) is 1. The van der Waals surface area contributed by atoms with Crippen LogP contribution in [-0.4, -0.2) is 36.7 Å². The van der Waals surface area contributed by atoms with Crippen molar-refractivity contribution in [2.75, 3.05) is 0 Å². The van der Waals surface area contributed by atoms with E-state index in [1.807, 2.05) is 0 Å².